The molecule has 22 heavy (non-hydrogen) atoms. The predicted molar refractivity (Wildman–Crippen MR) is 79.4 cm³/mol. The van der Waals surface area contributed by atoms with Crippen LogP contribution in [0, 0.1) is 0 Å². The second-order valence-electron chi connectivity index (χ2n) is 5.04. The molecule has 0 saturated carbocycles. The maximum atomic E-state index is 11.9. The molecule has 1 aromatic carbocycles. The Labute approximate surface area is 129 Å². The van der Waals surface area contributed by atoms with E-state index >= 15 is 0 Å². The van der Waals surface area contributed by atoms with Crippen LogP contribution in [-0.2, 0) is 20.7 Å². The van der Waals surface area contributed by atoms with Crippen molar-refractivity contribution in [1.82, 2.24) is 9.80 Å². The normalized spacial score (nSPS) is 11.4. The first-order valence-electron chi connectivity index (χ1n) is 6.70. The quantitative estimate of drug-likeness (QED) is 0.841. The number of carbonyl (C=O) groups excluding carboxylic acids is 2. The minimum atomic E-state index is -1.30. The molecule has 1 rings (SSSR count). The van der Waals surface area contributed by atoms with Crippen LogP contribution in [0.15, 0.2) is 30.3 Å². The van der Waals surface area contributed by atoms with Crippen LogP contribution in [0.2, 0.25) is 0 Å². The third kappa shape index (κ3) is 5.43. The summed E-state index contributed by atoms with van der Waals surface area (Å²) in [6, 6.07) is 8.87. The number of nitrogens with zero attached hydrogens (tertiary/aromatic N) is 2. The van der Waals surface area contributed by atoms with Crippen molar-refractivity contribution < 1.29 is 24.2 Å². The molecule has 1 atom stereocenters. The van der Waals surface area contributed by atoms with Gasteiger partial charge in [-0.25, -0.2) is 9.59 Å². The van der Waals surface area contributed by atoms with Crippen molar-refractivity contribution in [2.75, 3.05) is 27.7 Å². The van der Waals surface area contributed by atoms with Crippen LogP contribution in [0.3, 0.4) is 0 Å². The van der Waals surface area contributed by atoms with Gasteiger partial charge in [0, 0.05) is 27.6 Å². The number of ether oxygens (including phenoxy) is 1. The molecule has 0 saturated heterocycles. The fourth-order valence-electron chi connectivity index (χ4n) is 1.63. The average Bonchev–Trinajstić information content (AvgIpc) is 2.47. The summed E-state index contributed by atoms with van der Waals surface area (Å²) in [5.74, 6) is -1.51. The Balaban J connectivity index is 2.64. The van der Waals surface area contributed by atoms with Gasteiger partial charge in [0.1, 0.15) is 6.54 Å². The molecule has 2 amide bonds. The smallest absolute Gasteiger partial charge is 0.410 e. The molecule has 1 unspecified atom stereocenters. The van der Waals surface area contributed by atoms with Gasteiger partial charge in [0.15, 0.2) is 0 Å². The van der Waals surface area contributed by atoms with Crippen molar-refractivity contribution in [3.05, 3.63) is 35.9 Å². The summed E-state index contributed by atoms with van der Waals surface area (Å²) in [6.07, 6.45) is -2.08. The Hall–Kier alpha value is -2.57. The van der Waals surface area contributed by atoms with Crippen molar-refractivity contribution >= 4 is 18.0 Å². The van der Waals surface area contributed by atoms with E-state index in [2.05, 4.69) is 0 Å². The van der Waals surface area contributed by atoms with E-state index in [0.717, 1.165) is 10.5 Å². The van der Waals surface area contributed by atoms with Crippen LogP contribution in [0.25, 0.3) is 0 Å². The first-order valence-corrected chi connectivity index (χ1v) is 6.70. The van der Waals surface area contributed by atoms with E-state index in [-0.39, 0.29) is 18.9 Å². The number of likely N-dealkylation sites (N-methyl/N-ethyl adjacent to an activating group) is 2. The Morgan fingerprint density at radius 2 is 1.73 bits per heavy atom. The first kappa shape index (κ1) is 17.5. The predicted octanol–water partition coefficient (Wildman–Crippen LogP) is 0.839. The highest BCUT2D eigenvalue weighted by Gasteiger charge is 2.25. The molecule has 7 heteroatoms. The molecule has 0 heterocycles. The summed E-state index contributed by atoms with van der Waals surface area (Å²) in [5, 5.41) is 9.16. The summed E-state index contributed by atoms with van der Waals surface area (Å²) in [7, 11) is 4.51. The van der Waals surface area contributed by atoms with Gasteiger partial charge < -0.3 is 19.6 Å². The Kier molecular flexibility index (Phi) is 6.37. The number of carbonyl (C=O) groups is 3. The number of hydrogen-bond donors (Lipinski definition) is 1. The van der Waals surface area contributed by atoms with Gasteiger partial charge in [0.25, 0.3) is 0 Å². The van der Waals surface area contributed by atoms with Gasteiger partial charge in [-0.15, -0.1) is 0 Å². The van der Waals surface area contributed by atoms with Crippen molar-refractivity contribution in [3.63, 3.8) is 0 Å². The highest BCUT2D eigenvalue weighted by molar-refractivity contribution is 5.83. The summed E-state index contributed by atoms with van der Waals surface area (Å²) in [5.41, 5.74) is 0.745. The molecule has 0 fully saturated rings. The van der Waals surface area contributed by atoms with Gasteiger partial charge in [-0.2, -0.15) is 0 Å². The van der Waals surface area contributed by atoms with Gasteiger partial charge in [-0.1, -0.05) is 30.3 Å². The molecule has 1 N–H and O–H groups in total. The lowest BCUT2D eigenvalue weighted by Gasteiger charge is -2.21. The highest BCUT2D eigenvalue weighted by Crippen LogP contribution is 2.08. The van der Waals surface area contributed by atoms with Gasteiger partial charge in [0.05, 0.1) is 0 Å². The van der Waals surface area contributed by atoms with Crippen LogP contribution < -0.4 is 0 Å². The molecule has 1 aromatic rings. The zero-order valence-corrected chi connectivity index (χ0v) is 12.9. The summed E-state index contributed by atoms with van der Waals surface area (Å²) >= 11 is 0. The second-order valence-corrected chi connectivity index (χ2v) is 5.04. The van der Waals surface area contributed by atoms with E-state index in [4.69, 9.17) is 9.84 Å². The summed E-state index contributed by atoms with van der Waals surface area (Å²) in [6.45, 7) is -0.177. The average molecular weight is 308 g/mol. The lowest BCUT2D eigenvalue weighted by Crippen LogP contribution is -2.41. The zero-order valence-electron chi connectivity index (χ0n) is 12.9. The van der Waals surface area contributed by atoms with Crippen LogP contribution in [0.4, 0.5) is 4.79 Å². The molecule has 0 aliphatic carbocycles. The summed E-state index contributed by atoms with van der Waals surface area (Å²) < 4.78 is 4.97. The molecule has 0 spiro atoms. The van der Waals surface area contributed by atoms with Crippen molar-refractivity contribution in [2.24, 2.45) is 0 Å². The lowest BCUT2D eigenvalue weighted by molar-refractivity contribution is -0.147. The minimum Gasteiger partial charge on any atom is -0.478 e. The number of rotatable bonds is 6. The van der Waals surface area contributed by atoms with E-state index in [9.17, 15) is 14.4 Å². The standard InChI is InChI=1S/C15H20N2O5/c1-16(2)13(18)10-17(3)15(21)22-12(14(19)20)9-11-7-5-4-6-8-11/h4-8,12H,9-10H2,1-3H3,(H,19,20). The van der Waals surface area contributed by atoms with E-state index in [1.165, 1.54) is 11.9 Å². The van der Waals surface area contributed by atoms with Crippen LogP contribution in [0.1, 0.15) is 5.56 Å². The third-order valence-corrected chi connectivity index (χ3v) is 2.97. The largest absolute Gasteiger partial charge is 0.478 e. The maximum Gasteiger partial charge on any atom is 0.410 e. The minimum absolute atomic E-state index is 0.0668. The third-order valence-electron chi connectivity index (χ3n) is 2.97. The molecule has 0 aliphatic heterocycles. The molecular formula is C15H20N2O5. The number of benzene rings is 1. The molecular weight excluding hydrogens is 288 g/mol. The van der Waals surface area contributed by atoms with Crippen molar-refractivity contribution in [3.8, 4) is 0 Å². The first-order chi connectivity index (χ1) is 10.3. The van der Waals surface area contributed by atoms with Gasteiger partial charge >= 0.3 is 12.1 Å². The van der Waals surface area contributed by atoms with Gasteiger partial charge in [-0.3, -0.25) is 4.79 Å². The highest BCUT2D eigenvalue weighted by atomic mass is 16.6. The second kappa shape index (κ2) is 8.02. The Morgan fingerprint density at radius 1 is 1.14 bits per heavy atom. The van der Waals surface area contributed by atoms with E-state index < -0.39 is 18.2 Å². The fraction of sp³-hybridized carbons (Fsp3) is 0.400. The fourth-order valence-corrected chi connectivity index (χ4v) is 1.63. The number of carboxylic acids is 1. The molecule has 120 valence electrons. The van der Waals surface area contributed by atoms with E-state index in [1.807, 2.05) is 6.07 Å². The number of carboxylic acid groups (broad SMARTS) is 1. The van der Waals surface area contributed by atoms with Crippen LogP contribution in [0.5, 0.6) is 0 Å². The molecule has 0 radical (unpaired) electrons. The molecule has 7 nitrogen and oxygen atoms in total. The number of hydrogen-bond acceptors (Lipinski definition) is 4. The van der Waals surface area contributed by atoms with Crippen molar-refractivity contribution in [2.45, 2.75) is 12.5 Å². The SMILES string of the molecule is CN(C)C(=O)CN(C)C(=O)OC(Cc1ccccc1)C(=O)O. The number of amides is 2. The van der Waals surface area contributed by atoms with Gasteiger partial charge in [0.2, 0.25) is 12.0 Å². The molecule has 0 aliphatic rings. The molecule has 0 bridgehead atoms. The number of aliphatic carboxylic acids is 1. The zero-order chi connectivity index (χ0) is 16.7. The summed E-state index contributed by atoms with van der Waals surface area (Å²) in [4.78, 5) is 37.0. The van der Waals surface area contributed by atoms with Gasteiger partial charge in [-0.05, 0) is 5.56 Å². The molecule has 0 aromatic heterocycles. The Morgan fingerprint density at radius 3 is 2.23 bits per heavy atom. The van der Waals surface area contributed by atoms with E-state index in [1.54, 1.807) is 38.4 Å². The van der Waals surface area contributed by atoms with E-state index in [0.29, 0.717) is 0 Å². The van der Waals surface area contributed by atoms with Crippen LogP contribution in [-0.4, -0.2) is 66.7 Å². The van der Waals surface area contributed by atoms with Crippen LogP contribution >= 0.6 is 0 Å². The monoisotopic (exact) mass is 308 g/mol. The van der Waals surface area contributed by atoms with Crippen molar-refractivity contribution in [1.29, 1.82) is 0 Å². The maximum absolute atomic E-state index is 11.9. The Bertz CT molecular complexity index is 530. The lowest BCUT2D eigenvalue weighted by atomic mass is 10.1. The topological polar surface area (TPSA) is 87.2 Å².